The van der Waals surface area contributed by atoms with Crippen molar-refractivity contribution in [1.29, 1.82) is 0 Å². The lowest BCUT2D eigenvalue weighted by Crippen LogP contribution is -2.41. The van der Waals surface area contributed by atoms with E-state index in [1.165, 1.54) is 0 Å². The molecule has 0 rings (SSSR count). The van der Waals surface area contributed by atoms with Crippen LogP contribution in [0.5, 0.6) is 0 Å². The van der Waals surface area contributed by atoms with Gasteiger partial charge in [0.05, 0.1) is 0 Å². The van der Waals surface area contributed by atoms with E-state index >= 15 is 0 Å². The molecule has 0 bridgehead atoms. The average molecular weight is 217 g/mol. The van der Waals surface area contributed by atoms with Crippen LogP contribution in [0.2, 0.25) is 0 Å². The van der Waals surface area contributed by atoms with Gasteiger partial charge in [-0.05, 0) is 12.2 Å². The van der Waals surface area contributed by atoms with E-state index in [9.17, 15) is 0 Å². The predicted molar refractivity (Wildman–Crippen MR) is 67.2 cm³/mol. The van der Waals surface area contributed by atoms with Gasteiger partial charge in [0.2, 0.25) is 0 Å². The van der Waals surface area contributed by atoms with E-state index in [0.717, 1.165) is 19.0 Å². The Hall–Kier alpha value is -0.380. The fourth-order valence-electron chi connectivity index (χ4n) is 0.845. The van der Waals surface area contributed by atoms with Crippen LogP contribution in [0.25, 0.3) is 0 Å². The van der Waals surface area contributed by atoms with Crippen molar-refractivity contribution in [3.63, 3.8) is 0 Å². The van der Waals surface area contributed by atoms with Gasteiger partial charge < -0.3 is 10.6 Å². The van der Waals surface area contributed by atoms with E-state index in [4.69, 9.17) is 0 Å². The van der Waals surface area contributed by atoms with Gasteiger partial charge in [-0.3, -0.25) is 4.99 Å². The summed E-state index contributed by atoms with van der Waals surface area (Å²) >= 11 is 1.86. The van der Waals surface area contributed by atoms with Crippen molar-refractivity contribution >= 4 is 17.7 Å². The topological polar surface area (TPSA) is 36.4 Å². The highest BCUT2D eigenvalue weighted by Crippen LogP contribution is 2.02. The highest BCUT2D eigenvalue weighted by atomic mass is 32.2. The molecule has 84 valence electrons. The van der Waals surface area contributed by atoms with Gasteiger partial charge in [0.25, 0.3) is 0 Å². The Morgan fingerprint density at radius 1 is 1.21 bits per heavy atom. The largest absolute Gasteiger partial charge is 0.356 e. The Morgan fingerprint density at radius 3 is 2.21 bits per heavy atom. The van der Waals surface area contributed by atoms with Crippen LogP contribution >= 0.6 is 11.8 Å². The Morgan fingerprint density at radius 2 is 1.79 bits per heavy atom. The smallest absolute Gasteiger partial charge is 0.191 e. The molecule has 0 radical (unpaired) electrons. The molecule has 0 aliphatic heterocycles. The number of thioether (sulfide) groups is 1. The minimum Gasteiger partial charge on any atom is -0.356 e. The zero-order valence-corrected chi connectivity index (χ0v) is 10.7. The van der Waals surface area contributed by atoms with Gasteiger partial charge in [-0.1, -0.05) is 20.8 Å². The second kappa shape index (κ2) is 7.97. The van der Waals surface area contributed by atoms with E-state index in [2.05, 4.69) is 42.7 Å². The molecular formula is C10H23N3S. The quantitative estimate of drug-likeness (QED) is 0.542. The Kier molecular flexibility index (Phi) is 7.76. The van der Waals surface area contributed by atoms with Gasteiger partial charge in [0.1, 0.15) is 0 Å². The molecule has 0 aromatic carbocycles. The van der Waals surface area contributed by atoms with Crippen LogP contribution in [0.1, 0.15) is 20.8 Å². The van der Waals surface area contributed by atoms with Crippen LogP contribution < -0.4 is 10.6 Å². The Balaban J connectivity index is 3.70. The molecule has 0 saturated carbocycles. The summed E-state index contributed by atoms with van der Waals surface area (Å²) in [7, 11) is 1.80. The van der Waals surface area contributed by atoms with Crippen LogP contribution in [-0.2, 0) is 0 Å². The van der Waals surface area contributed by atoms with Gasteiger partial charge in [0.15, 0.2) is 5.96 Å². The van der Waals surface area contributed by atoms with E-state index in [0.29, 0.717) is 11.2 Å². The van der Waals surface area contributed by atoms with Crippen molar-refractivity contribution in [2.45, 2.75) is 26.0 Å². The van der Waals surface area contributed by atoms with Gasteiger partial charge in [0, 0.05) is 25.4 Å². The van der Waals surface area contributed by atoms with Crippen molar-refractivity contribution < 1.29 is 0 Å². The maximum absolute atomic E-state index is 4.15. The molecule has 0 heterocycles. The summed E-state index contributed by atoms with van der Waals surface area (Å²) in [6.07, 6.45) is 2.12. The fraction of sp³-hybridized carbons (Fsp3) is 0.900. The number of hydrogen-bond acceptors (Lipinski definition) is 2. The zero-order chi connectivity index (χ0) is 11.0. The standard InChI is InChI=1S/C10H23N3S/c1-8(2)6-12-10(11-4)13-7-9(3)14-5/h8-9H,6-7H2,1-5H3,(H2,11,12,13). The van der Waals surface area contributed by atoms with E-state index in [1.54, 1.807) is 7.05 Å². The van der Waals surface area contributed by atoms with Gasteiger partial charge in [-0.15, -0.1) is 0 Å². The number of hydrogen-bond donors (Lipinski definition) is 2. The fourth-order valence-corrected chi connectivity index (χ4v) is 1.10. The molecular weight excluding hydrogens is 194 g/mol. The van der Waals surface area contributed by atoms with Crippen molar-refractivity contribution in [2.24, 2.45) is 10.9 Å². The third-order valence-electron chi connectivity index (χ3n) is 1.86. The second-order valence-corrected chi connectivity index (χ2v) is 5.05. The highest BCUT2D eigenvalue weighted by molar-refractivity contribution is 7.99. The molecule has 1 unspecified atom stereocenters. The van der Waals surface area contributed by atoms with Crippen molar-refractivity contribution in [3.05, 3.63) is 0 Å². The number of nitrogens with zero attached hydrogens (tertiary/aromatic N) is 1. The lowest BCUT2D eigenvalue weighted by Gasteiger charge is -2.15. The minimum absolute atomic E-state index is 0.618. The second-order valence-electron chi connectivity index (χ2n) is 3.77. The predicted octanol–water partition coefficient (Wildman–Crippen LogP) is 1.56. The van der Waals surface area contributed by atoms with Gasteiger partial charge >= 0.3 is 0 Å². The summed E-state index contributed by atoms with van der Waals surface area (Å²) in [5.41, 5.74) is 0. The lowest BCUT2D eigenvalue weighted by molar-refractivity contribution is 0.614. The molecule has 0 saturated heterocycles. The van der Waals surface area contributed by atoms with Gasteiger partial charge in [-0.25, -0.2) is 0 Å². The van der Waals surface area contributed by atoms with Crippen LogP contribution in [0.15, 0.2) is 4.99 Å². The van der Waals surface area contributed by atoms with Crippen molar-refractivity contribution in [3.8, 4) is 0 Å². The number of guanidine groups is 1. The molecule has 14 heavy (non-hydrogen) atoms. The molecule has 0 aromatic rings. The van der Waals surface area contributed by atoms with Crippen LogP contribution in [-0.4, -0.2) is 37.6 Å². The normalized spacial score (nSPS) is 14.3. The van der Waals surface area contributed by atoms with Crippen LogP contribution in [0, 0.1) is 5.92 Å². The summed E-state index contributed by atoms with van der Waals surface area (Å²) in [5, 5.41) is 7.19. The number of rotatable bonds is 5. The first-order chi connectivity index (χ1) is 6.60. The summed E-state index contributed by atoms with van der Waals surface area (Å²) in [5.74, 6) is 1.55. The molecule has 0 aliphatic carbocycles. The first-order valence-electron chi connectivity index (χ1n) is 5.07. The Labute approximate surface area is 92.1 Å². The summed E-state index contributed by atoms with van der Waals surface area (Å²) < 4.78 is 0. The highest BCUT2D eigenvalue weighted by Gasteiger charge is 2.02. The van der Waals surface area contributed by atoms with Crippen LogP contribution in [0.3, 0.4) is 0 Å². The number of aliphatic imine (C=N–C) groups is 1. The van der Waals surface area contributed by atoms with Crippen molar-refractivity contribution in [2.75, 3.05) is 26.4 Å². The minimum atomic E-state index is 0.618. The SMILES string of the molecule is CN=C(NCC(C)C)NCC(C)SC. The van der Waals surface area contributed by atoms with E-state index in [1.807, 2.05) is 11.8 Å². The first-order valence-corrected chi connectivity index (χ1v) is 6.36. The monoisotopic (exact) mass is 217 g/mol. The van der Waals surface area contributed by atoms with Crippen molar-refractivity contribution in [1.82, 2.24) is 10.6 Å². The maximum atomic E-state index is 4.15. The molecule has 0 aromatic heterocycles. The number of nitrogens with one attached hydrogen (secondary N) is 2. The zero-order valence-electron chi connectivity index (χ0n) is 9.92. The summed E-state index contributed by atoms with van der Waals surface area (Å²) in [6.45, 7) is 8.50. The third kappa shape index (κ3) is 7.06. The molecule has 1 atom stereocenters. The van der Waals surface area contributed by atoms with E-state index < -0.39 is 0 Å². The first kappa shape index (κ1) is 13.6. The summed E-state index contributed by atoms with van der Waals surface area (Å²) in [4.78, 5) is 4.15. The molecule has 0 aliphatic rings. The van der Waals surface area contributed by atoms with Gasteiger partial charge in [-0.2, -0.15) is 11.8 Å². The molecule has 4 heteroatoms. The molecule has 0 fully saturated rings. The molecule has 3 nitrogen and oxygen atoms in total. The maximum Gasteiger partial charge on any atom is 0.191 e. The molecule has 0 spiro atoms. The molecule has 0 amide bonds. The molecule has 2 N–H and O–H groups in total. The average Bonchev–Trinajstić information content (AvgIpc) is 2.17. The van der Waals surface area contributed by atoms with E-state index in [-0.39, 0.29) is 0 Å². The summed E-state index contributed by atoms with van der Waals surface area (Å²) in [6, 6.07) is 0. The van der Waals surface area contributed by atoms with Crippen LogP contribution in [0.4, 0.5) is 0 Å². The lowest BCUT2D eigenvalue weighted by atomic mass is 10.2. The third-order valence-corrected chi connectivity index (χ3v) is 2.83. The Bertz CT molecular complexity index is 169.